The molecule has 0 aliphatic heterocycles. The molecule has 5 heteroatoms. The highest BCUT2D eigenvalue weighted by Gasteiger charge is 2.22. The van der Waals surface area contributed by atoms with Crippen molar-refractivity contribution >= 4 is 17.5 Å². The smallest absolute Gasteiger partial charge is 0.248 e. The summed E-state index contributed by atoms with van der Waals surface area (Å²) in [6, 6.07) is 5.57. The molecule has 0 radical (unpaired) electrons. The minimum atomic E-state index is -0.437. The van der Waals surface area contributed by atoms with Crippen LogP contribution in [0.2, 0.25) is 0 Å². The fourth-order valence-electron chi connectivity index (χ4n) is 3.02. The molecule has 1 aromatic carbocycles. The minimum absolute atomic E-state index is 0.00961. The molecule has 1 fully saturated rings. The zero-order valence-corrected chi connectivity index (χ0v) is 13.3. The van der Waals surface area contributed by atoms with E-state index < -0.39 is 5.91 Å². The first-order valence-electron chi connectivity index (χ1n) is 7.91. The Labute approximate surface area is 131 Å². The van der Waals surface area contributed by atoms with Crippen molar-refractivity contribution < 1.29 is 9.59 Å². The fourth-order valence-corrected chi connectivity index (χ4v) is 3.02. The number of nitrogens with one attached hydrogen (secondary N) is 2. The van der Waals surface area contributed by atoms with Crippen molar-refractivity contribution in [3.8, 4) is 0 Å². The molecule has 120 valence electrons. The monoisotopic (exact) mass is 303 g/mol. The lowest BCUT2D eigenvalue weighted by Crippen LogP contribution is -2.43. The molecule has 22 heavy (non-hydrogen) atoms. The Hall–Kier alpha value is -2.04. The van der Waals surface area contributed by atoms with Crippen molar-refractivity contribution in [1.82, 2.24) is 5.32 Å². The second-order valence-corrected chi connectivity index (χ2v) is 6.18. The molecule has 1 aromatic rings. The molecule has 0 aromatic heterocycles. The molecule has 2 amide bonds. The highest BCUT2D eigenvalue weighted by Crippen LogP contribution is 2.23. The van der Waals surface area contributed by atoms with Crippen LogP contribution in [0.15, 0.2) is 18.2 Å². The Bertz CT molecular complexity index is 557. The van der Waals surface area contributed by atoms with Gasteiger partial charge in [0.15, 0.2) is 0 Å². The predicted octanol–water partition coefficient (Wildman–Crippen LogP) is 2.20. The fraction of sp³-hybridized carbons (Fsp3) is 0.529. The Morgan fingerprint density at radius 3 is 2.64 bits per heavy atom. The van der Waals surface area contributed by atoms with Crippen molar-refractivity contribution in [1.29, 1.82) is 0 Å². The molecule has 5 nitrogen and oxygen atoms in total. The van der Waals surface area contributed by atoms with Gasteiger partial charge in [0.1, 0.15) is 0 Å². The topological polar surface area (TPSA) is 84.2 Å². The molecule has 1 aliphatic carbocycles. The number of amides is 2. The van der Waals surface area contributed by atoms with Crippen molar-refractivity contribution in [2.75, 3.05) is 11.9 Å². The van der Waals surface area contributed by atoms with Crippen LogP contribution in [0.5, 0.6) is 0 Å². The van der Waals surface area contributed by atoms with Gasteiger partial charge in [0.25, 0.3) is 0 Å². The van der Waals surface area contributed by atoms with Crippen LogP contribution in [0.1, 0.15) is 48.5 Å². The SMILES string of the molecule is Cc1cc(NCC(=O)N[C@H]2CCCC[C@H]2C)ccc1C(N)=O. The van der Waals surface area contributed by atoms with Crippen LogP contribution in [0.25, 0.3) is 0 Å². The van der Waals surface area contributed by atoms with Gasteiger partial charge in [-0.1, -0.05) is 19.8 Å². The Morgan fingerprint density at radius 1 is 1.27 bits per heavy atom. The molecule has 4 N–H and O–H groups in total. The van der Waals surface area contributed by atoms with Crippen LogP contribution in [0, 0.1) is 12.8 Å². The van der Waals surface area contributed by atoms with E-state index in [0.29, 0.717) is 17.5 Å². The summed E-state index contributed by atoms with van der Waals surface area (Å²) in [5, 5.41) is 6.20. The summed E-state index contributed by atoms with van der Waals surface area (Å²) in [5.41, 5.74) is 7.40. The number of nitrogens with two attached hydrogens (primary N) is 1. The Kier molecular flexibility index (Phi) is 5.41. The molecular formula is C17H25N3O2. The van der Waals surface area contributed by atoms with Gasteiger partial charge in [-0.3, -0.25) is 9.59 Å². The average Bonchev–Trinajstić information content (AvgIpc) is 2.47. The molecule has 0 saturated heterocycles. The van der Waals surface area contributed by atoms with E-state index in [2.05, 4.69) is 17.6 Å². The number of primary amides is 1. The number of carbonyl (C=O) groups excluding carboxylic acids is 2. The number of hydrogen-bond acceptors (Lipinski definition) is 3. The van der Waals surface area contributed by atoms with Gasteiger partial charge in [0.2, 0.25) is 11.8 Å². The van der Waals surface area contributed by atoms with E-state index in [4.69, 9.17) is 5.73 Å². The summed E-state index contributed by atoms with van der Waals surface area (Å²) in [4.78, 5) is 23.2. The van der Waals surface area contributed by atoms with Crippen LogP contribution in [-0.4, -0.2) is 24.4 Å². The van der Waals surface area contributed by atoms with Gasteiger partial charge in [-0.05, 0) is 49.4 Å². The number of benzene rings is 1. The number of carbonyl (C=O) groups is 2. The summed E-state index contributed by atoms with van der Waals surface area (Å²) >= 11 is 0. The number of aryl methyl sites for hydroxylation is 1. The van der Waals surface area contributed by atoms with Crippen molar-refractivity contribution in [3.05, 3.63) is 29.3 Å². The Morgan fingerprint density at radius 2 is 2.00 bits per heavy atom. The van der Waals surface area contributed by atoms with Gasteiger partial charge in [-0.2, -0.15) is 0 Å². The minimum Gasteiger partial charge on any atom is -0.376 e. The Balaban J connectivity index is 1.85. The van der Waals surface area contributed by atoms with Gasteiger partial charge in [-0.25, -0.2) is 0 Å². The van der Waals surface area contributed by atoms with E-state index in [-0.39, 0.29) is 12.5 Å². The van der Waals surface area contributed by atoms with Crippen LogP contribution < -0.4 is 16.4 Å². The van der Waals surface area contributed by atoms with E-state index in [1.54, 1.807) is 12.1 Å². The van der Waals surface area contributed by atoms with Gasteiger partial charge >= 0.3 is 0 Å². The first-order chi connectivity index (χ1) is 10.5. The second-order valence-electron chi connectivity index (χ2n) is 6.18. The molecule has 2 atom stereocenters. The third-order valence-corrected chi connectivity index (χ3v) is 4.40. The summed E-state index contributed by atoms with van der Waals surface area (Å²) in [6.45, 7) is 4.26. The normalized spacial score (nSPS) is 21.2. The number of hydrogen-bond donors (Lipinski definition) is 3. The van der Waals surface area contributed by atoms with Crippen LogP contribution in [0.4, 0.5) is 5.69 Å². The third kappa shape index (κ3) is 4.23. The van der Waals surface area contributed by atoms with Crippen molar-refractivity contribution in [3.63, 3.8) is 0 Å². The van der Waals surface area contributed by atoms with E-state index in [9.17, 15) is 9.59 Å². The van der Waals surface area contributed by atoms with E-state index in [1.807, 2.05) is 13.0 Å². The maximum atomic E-state index is 12.0. The largest absolute Gasteiger partial charge is 0.376 e. The number of anilines is 1. The lowest BCUT2D eigenvalue weighted by molar-refractivity contribution is -0.120. The molecule has 0 unspecified atom stereocenters. The summed E-state index contributed by atoms with van der Waals surface area (Å²) in [5.74, 6) is 0.123. The average molecular weight is 303 g/mol. The first kappa shape index (κ1) is 16.3. The van der Waals surface area contributed by atoms with Gasteiger partial charge in [0.05, 0.1) is 6.54 Å². The number of rotatable bonds is 5. The lowest BCUT2D eigenvalue weighted by Gasteiger charge is -2.29. The third-order valence-electron chi connectivity index (χ3n) is 4.40. The highest BCUT2D eigenvalue weighted by atomic mass is 16.2. The van der Waals surface area contributed by atoms with Crippen LogP contribution in [0.3, 0.4) is 0 Å². The maximum Gasteiger partial charge on any atom is 0.248 e. The zero-order chi connectivity index (χ0) is 16.1. The first-order valence-corrected chi connectivity index (χ1v) is 7.91. The summed E-state index contributed by atoms with van der Waals surface area (Å²) in [6.07, 6.45) is 4.71. The van der Waals surface area contributed by atoms with E-state index in [0.717, 1.165) is 17.7 Å². The molecule has 0 bridgehead atoms. The lowest BCUT2D eigenvalue weighted by atomic mass is 9.86. The summed E-state index contributed by atoms with van der Waals surface area (Å²) in [7, 11) is 0. The quantitative estimate of drug-likeness (QED) is 0.779. The van der Waals surface area contributed by atoms with Crippen molar-refractivity contribution in [2.24, 2.45) is 11.7 Å². The molecule has 1 aliphatic rings. The van der Waals surface area contributed by atoms with Gasteiger partial charge in [-0.15, -0.1) is 0 Å². The highest BCUT2D eigenvalue weighted by molar-refractivity contribution is 5.94. The van der Waals surface area contributed by atoms with Crippen LogP contribution >= 0.6 is 0 Å². The molecular weight excluding hydrogens is 278 g/mol. The van der Waals surface area contributed by atoms with Gasteiger partial charge < -0.3 is 16.4 Å². The van der Waals surface area contributed by atoms with Gasteiger partial charge in [0, 0.05) is 17.3 Å². The second kappa shape index (κ2) is 7.29. The summed E-state index contributed by atoms with van der Waals surface area (Å²) < 4.78 is 0. The molecule has 0 spiro atoms. The van der Waals surface area contributed by atoms with E-state index >= 15 is 0 Å². The maximum absolute atomic E-state index is 12.0. The van der Waals surface area contributed by atoms with Crippen molar-refractivity contribution in [2.45, 2.75) is 45.6 Å². The molecule has 2 rings (SSSR count). The van der Waals surface area contributed by atoms with Crippen LogP contribution in [-0.2, 0) is 4.79 Å². The molecule has 0 heterocycles. The standard InChI is InChI=1S/C17H25N3O2/c1-11-5-3-4-6-15(11)20-16(21)10-19-13-7-8-14(17(18)22)12(2)9-13/h7-9,11,15,19H,3-6,10H2,1-2H3,(H2,18,22)(H,20,21)/t11-,15+/m1/s1. The predicted molar refractivity (Wildman–Crippen MR) is 87.7 cm³/mol. The zero-order valence-electron chi connectivity index (χ0n) is 13.3. The molecule has 1 saturated carbocycles. The van der Waals surface area contributed by atoms with E-state index in [1.165, 1.54) is 19.3 Å².